The van der Waals surface area contributed by atoms with E-state index in [4.69, 9.17) is 16.3 Å². The van der Waals surface area contributed by atoms with Gasteiger partial charge in [-0.1, -0.05) is 25.4 Å². The minimum Gasteiger partial charge on any atom is -0.496 e. The first-order valence-corrected chi connectivity index (χ1v) is 6.00. The first-order valence-electron chi connectivity index (χ1n) is 5.62. The summed E-state index contributed by atoms with van der Waals surface area (Å²) in [6, 6.07) is 5.28. The van der Waals surface area contributed by atoms with Gasteiger partial charge in [0.15, 0.2) is 0 Å². The Morgan fingerprint density at radius 3 is 2.76 bits per heavy atom. The second-order valence-corrected chi connectivity index (χ2v) is 4.77. The van der Waals surface area contributed by atoms with Crippen molar-refractivity contribution in [3.63, 3.8) is 0 Å². The van der Waals surface area contributed by atoms with Crippen LogP contribution in [0.4, 0.5) is 0 Å². The fourth-order valence-electron chi connectivity index (χ4n) is 1.44. The summed E-state index contributed by atoms with van der Waals surface area (Å²) >= 11 is 5.90. The first-order chi connectivity index (χ1) is 8.02. The smallest absolute Gasteiger partial charge is 0.224 e. The molecule has 0 radical (unpaired) electrons. The number of carbonyl (C=O) groups excluding carboxylic acids is 1. The van der Waals surface area contributed by atoms with Gasteiger partial charge in [0.1, 0.15) is 5.75 Å². The van der Waals surface area contributed by atoms with E-state index in [2.05, 4.69) is 19.2 Å². The van der Waals surface area contributed by atoms with Crippen molar-refractivity contribution in [1.82, 2.24) is 5.32 Å². The van der Waals surface area contributed by atoms with Crippen LogP contribution in [-0.4, -0.2) is 19.6 Å². The maximum atomic E-state index is 11.7. The molecule has 0 aliphatic rings. The van der Waals surface area contributed by atoms with Crippen LogP contribution in [0.15, 0.2) is 18.2 Å². The number of benzene rings is 1. The van der Waals surface area contributed by atoms with Gasteiger partial charge in [-0.05, 0) is 24.1 Å². The van der Waals surface area contributed by atoms with Crippen molar-refractivity contribution in [3.8, 4) is 5.75 Å². The Morgan fingerprint density at radius 1 is 1.47 bits per heavy atom. The van der Waals surface area contributed by atoms with Crippen LogP contribution in [0.1, 0.15) is 19.4 Å². The highest BCUT2D eigenvalue weighted by molar-refractivity contribution is 6.30. The van der Waals surface area contributed by atoms with E-state index in [1.165, 1.54) is 0 Å². The van der Waals surface area contributed by atoms with Gasteiger partial charge in [-0.15, -0.1) is 0 Å². The van der Waals surface area contributed by atoms with Crippen molar-refractivity contribution in [2.24, 2.45) is 5.92 Å². The van der Waals surface area contributed by atoms with Crippen LogP contribution in [0.3, 0.4) is 0 Å². The number of nitrogens with one attached hydrogen (secondary N) is 1. The maximum Gasteiger partial charge on any atom is 0.224 e. The Balaban J connectivity index is 2.66. The third kappa shape index (κ3) is 4.65. The molecule has 0 saturated carbocycles. The van der Waals surface area contributed by atoms with E-state index in [1.807, 2.05) is 0 Å². The number of methoxy groups -OCH3 is 1. The molecule has 0 saturated heterocycles. The van der Waals surface area contributed by atoms with Crippen LogP contribution in [0.25, 0.3) is 0 Å². The lowest BCUT2D eigenvalue weighted by atomic mass is 10.1. The normalized spacial score (nSPS) is 10.4. The highest BCUT2D eigenvalue weighted by Crippen LogP contribution is 2.22. The molecular formula is C13H18ClNO2. The molecule has 0 spiro atoms. The second kappa shape index (κ2) is 6.50. The SMILES string of the molecule is COc1ccc(Cl)cc1CC(=O)NCC(C)C. The van der Waals surface area contributed by atoms with Crippen LogP contribution < -0.4 is 10.1 Å². The topological polar surface area (TPSA) is 38.3 Å². The summed E-state index contributed by atoms with van der Waals surface area (Å²) < 4.78 is 5.19. The Morgan fingerprint density at radius 2 is 2.18 bits per heavy atom. The number of hydrogen-bond donors (Lipinski definition) is 1. The molecule has 0 aromatic heterocycles. The van der Waals surface area contributed by atoms with E-state index in [1.54, 1.807) is 25.3 Å². The van der Waals surface area contributed by atoms with E-state index in [9.17, 15) is 4.79 Å². The van der Waals surface area contributed by atoms with Crippen molar-refractivity contribution in [2.45, 2.75) is 20.3 Å². The first kappa shape index (κ1) is 13.8. The van der Waals surface area contributed by atoms with Gasteiger partial charge in [0.05, 0.1) is 13.5 Å². The molecule has 1 aromatic carbocycles. The third-order valence-corrected chi connectivity index (χ3v) is 2.54. The highest BCUT2D eigenvalue weighted by Gasteiger charge is 2.09. The average Bonchev–Trinajstić information content (AvgIpc) is 2.27. The summed E-state index contributed by atoms with van der Waals surface area (Å²) in [6.07, 6.45) is 0.288. The third-order valence-electron chi connectivity index (χ3n) is 2.30. The van der Waals surface area contributed by atoms with Gasteiger partial charge in [0.2, 0.25) is 5.91 Å². The minimum absolute atomic E-state index is 0.0146. The molecule has 0 heterocycles. The van der Waals surface area contributed by atoms with Gasteiger partial charge in [0.25, 0.3) is 0 Å². The molecular weight excluding hydrogens is 238 g/mol. The summed E-state index contributed by atoms with van der Waals surface area (Å²) in [5.74, 6) is 1.12. The van der Waals surface area contributed by atoms with Gasteiger partial charge >= 0.3 is 0 Å². The summed E-state index contributed by atoms with van der Waals surface area (Å²) in [7, 11) is 1.58. The quantitative estimate of drug-likeness (QED) is 0.879. The number of halogens is 1. The molecule has 0 atom stereocenters. The number of rotatable bonds is 5. The molecule has 17 heavy (non-hydrogen) atoms. The van der Waals surface area contributed by atoms with Gasteiger partial charge in [-0.2, -0.15) is 0 Å². The predicted molar refractivity (Wildman–Crippen MR) is 69.6 cm³/mol. The fraction of sp³-hybridized carbons (Fsp3) is 0.462. The Hall–Kier alpha value is -1.22. The standard InChI is InChI=1S/C13H18ClNO2/c1-9(2)8-15-13(16)7-10-6-11(14)4-5-12(10)17-3/h4-6,9H,7-8H2,1-3H3,(H,15,16). The molecule has 0 aliphatic heterocycles. The number of ether oxygens (including phenoxy) is 1. The molecule has 1 N–H and O–H groups in total. The van der Waals surface area contributed by atoms with Crippen LogP contribution in [0.2, 0.25) is 5.02 Å². The molecule has 0 fully saturated rings. The molecule has 0 unspecified atom stereocenters. The molecule has 0 bridgehead atoms. The van der Waals surface area contributed by atoms with Crippen molar-refractivity contribution < 1.29 is 9.53 Å². The predicted octanol–water partition coefficient (Wildman–Crippen LogP) is 2.66. The lowest BCUT2D eigenvalue weighted by Gasteiger charge is -2.10. The Labute approximate surface area is 107 Å². The van der Waals surface area contributed by atoms with E-state index in [0.29, 0.717) is 23.2 Å². The highest BCUT2D eigenvalue weighted by atomic mass is 35.5. The molecule has 1 amide bonds. The van der Waals surface area contributed by atoms with Gasteiger partial charge in [-0.3, -0.25) is 4.79 Å². The van der Waals surface area contributed by atoms with Gasteiger partial charge in [-0.25, -0.2) is 0 Å². The average molecular weight is 256 g/mol. The minimum atomic E-state index is -0.0146. The largest absolute Gasteiger partial charge is 0.496 e. The number of hydrogen-bond acceptors (Lipinski definition) is 2. The van der Waals surface area contributed by atoms with Crippen LogP contribution in [0, 0.1) is 5.92 Å². The zero-order valence-electron chi connectivity index (χ0n) is 10.4. The Bertz CT molecular complexity index is 391. The van der Waals surface area contributed by atoms with Gasteiger partial charge < -0.3 is 10.1 Å². The van der Waals surface area contributed by atoms with Crippen LogP contribution in [0.5, 0.6) is 5.75 Å². The number of carbonyl (C=O) groups is 1. The van der Waals surface area contributed by atoms with Crippen LogP contribution >= 0.6 is 11.6 Å². The summed E-state index contributed by atoms with van der Waals surface area (Å²) in [5, 5.41) is 3.47. The monoisotopic (exact) mass is 255 g/mol. The molecule has 4 heteroatoms. The molecule has 1 aromatic rings. The lowest BCUT2D eigenvalue weighted by Crippen LogP contribution is -2.28. The molecule has 0 aliphatic carbocycles. The zero-order valence-corrected chi connectivity index (χ0v) is 11.2. The van der Waals surface area contributed by atoms with E-state index in [-0.39, 0.29) is 12.3 Å². The van der Waals surface area contributed by atoms with Crippen LogP contribution in [-0.2, 0) is 11.2 Å². The Kier molecular flexibility index (Phi) is 5.29. The van der Waals surface area contributed by atoms with E-state index < -0.39 is 0 Å². The lowest BCUT2D eigenvalue weighted by molar-refractivity contribution is -0.120. The van der Waals surface area contributed by atoms with E-state index in [0.717, 1.165) is 5.56 Å². The fourth-order valence-corrected chi connectivity index (χ4v) is 1.63. The van der Waals surface area contributed by atoms with Crippen molar-refractivity contribution in [2.75, 3.05) is 13.7 Å². The molecule has 3 nitrogen and oxygen atoms in total. The van der Waals surface area contributed by atoms with E-state index >= 15 is 0 Å². The van der Waals surface area contributed by atoms with Gasteiger partial charge in [0, 0.05) is 17.1 Å². The van der Waals surface area contributed by atoms with Crippen molar-refractivity contribution in [1.29, 1.82) is 0 Å². The summed E-state index contributed by atoms with van der Waals surface area (Å²) in [6.45, 7) is 4.79. The maximum absolute atomic E-state index is 11.7. The van der Waals surface area contributed by atoms with Crippen molar-refractivity contribution in [3.05, 3.63) is 28.8 Å². The zero-order chi connectivity index (χ0) is 12.8. The number of amides is 1. The van der Waals surface area contributed by atoms with Crippen molar-refractivity contribution >= 4 is 17.5 Å². The second-order valence-electron chi connectivity index (χ2n) is 4.33. The summed E-state index contributed by atoms with van der Waals surface area (Å²) in [4.78, 5) is 11.7. The molecule has 94 valence electrons. The molecule has 1 rings (SSSR count). The summed E-state index contributed by atoms with van der Waals surface area (Å²) in [5.41, 5.74) is 0.807.